The zero-order valence-electron chi connectivity index (χ0n) is 14.7. The quantitative estimate of drug-likeness (QED) is 0.812. The molecule has 126 valence electrons. The molecule has 0 amide bonds. The van der Waals surface area contributed by atoms with Crippen molar-refractivity contribution in [3.8, 4) is 0 Å². The van der Waals surface area contributed by atoms with E-state index >= 15 is 0 Å². The maximum absolute atomic E-state index is 6.11. The molecule has 6 heteroatoms. The Kier molecular flexibility index (Phi) is 3.58. The summed E-state index contributed by atoms with van der Waals surface area (Å²) < 4.78 is 17.5. The number of hydrogen-bond donors (Lipinski definition) is 0. The molecule has 1 aromatic heterocycles. The van der Waals surface area contributed by atoms with E-state index in [1.807, 2.05) is 0 Å². The fourth-order valence-corrected chi connectivity index (χ4v) is 3.36. The fraction of sp³-hybridized carbons (Fsp3) is 0.556. The van der Waals surface area contributed by atoms with Crippen LogP contribution in [0.2, 0.25) is 0 Å². The van der Waals surface area contributed by atoms with E-state index in [4.69, 9.17) is 13.7 Å². The Labute approximate surface area is 142 Å². The topological polar surface area (TPSA) is 57.4 Å². The summed E-state index contributed by atoms with van der Waals surface area (Å²) in [5.41, 5.74) is 1.82. The molecule has 0 radical (unpaired) electrons. The summed E-state index contributed by atoms with van der Waals surface area (Å²) >= 11 is 0. The monoisotopic (exact) mass is 326 g/mol. The molecule has 2 fully saturated rings. The van der Waals surface area contributed by atoms with E-state index in [2.05, 4.69) is 62.2 Å². The highest BCUT2D eigenvalue weighted by Gasteiger charge is 2.51. The van der Waals surface area contributed by atoms with Crippen LogP contribution in [0.1, 0.15) is 63.8 Å². The lowest BCUT2D eigenvalue weighted by Crippen LogP contribution is -2.41. The molecule has 1 saturated heterocycles. The van der Waals surface area contributed by atoms with Gasteiger partial charge in [0.1, 0.15) is 0 Å². The summed E-state index contributed by atoms with van der Waals surface area (Å²) in [6, 6.07) is 8.62. The molecule has 1 saturated carbocycles. The number of aromatic nitrogens is 2. The Balaban J connectivity index is 1.41. The van der Waals surface area contributed by atoms with Gasteiger partial charge in [0.15, 0.2) is 0 Å². The predicted octanol–water partition coefficient (Wildman–Crippen LogP) is 3.03. The van der Waals surface area contributed by atoms with Gasteiger partial charge >= 0.3 is 7.12 Å². The van der Waals surface area contributed by atoms with Crippen molar-refractivity contribution in [1.82, 2.24) is 10.2 Å². The van der Waals surface area contributed by atoms with E-state index in [9.17, 15) is 0 Å². The minimum atomic E-state index is -0.304. The van der Waals surface area contributed by atoms with Crippen molar-refractivity contribution in [3.05, 3.63) is 42.1 Å². The highest BCUT2D eigenvalue weighted by Crippen LogP contribution is 2.46. The van der Waals surface area contributed by atoms with Crippen LogP contribution < -0.4 is 5.46 Å². The third-order valence-electron chi connectivity index (χ3n) is 5.80. The Bertz CT molecular complexity index is 690. The third-order valence-corrected chi connectivity index (χ3v) is 5.80. The number of nitrogens with zero attached hydrogens (tertiary/aromatic N) is 2. The van der Waals surface area contributed by atoms with E-state index in [1.54, 1.807) is 0 Å². The van der Waals surface area contributed by atoms with Crippen molar-refractivity contribution in [1.29, 1.82) is 0 Å². The van der Waals surface area contributed by atoms with Crippen LogP contribution in [0.4, 0.5) is 0 Å². The molecule has 0 bridgehead atoms. The predicted molar refractivity (Wildman–Crippen MR) is 91.2 cm³/mol. The number of hydrogen-bond acceptors (Lipinski definition) is 5. The number of rotatable bonds is 3. The molecule has 1 aliphatic carbocycles. The molecular weight excluding hydrogens is 303 g/mol. The lowest BCUT2D eigenvalue weighted by atomic mass is 9.70. The highest BCUT2D eigenvalue weighted by atomic mass is 16.7. The van der Waals surface area contributed by atoms with Crippen LogP contribution in [-0.4, -0.2) is 28.5 Å². The van der Waals surface area contributed by atoms with Crippen LogP contribution >= 0.6 is 0 Å². The first-order valence-electron chi connectivity index (χ1n) is 8.57. The summed E-state index contributed by atoms with van der Waals surface area (Å²) in [5, 5.41) is 7.77. The van der Waals surface area contributed by atoms with Gasteiger partial charge in [0, 0.05) is 5.92 Å². The van der Waals surface area contributed by atoms with E-state index < -0.39 is 0 Å². The Morgan fingerprint density at radius 2 is 1.58 bits per heavy atom. The van der Waals surface area contributed by atoms with Crippen LogP contribution in [0.3, 0.4) is 0 Å². The standard InChI is InChI=1S/C18H23BN2O3/c1-17(2)18(3,4)24-19(23-17)15-7-5-12(6-8-15)13-9-14(10-13)16-21-20-11-22-16/h5-8,11,13-14H,9-10H2,1-4H3. The van der Waals surface area contributed by atoms with Gasteiger partial charge in [-0.2, -0.15) is 0 Å². The Morgan fingerprint density at radius 1 is 0.958 bits per heavy atom. The fourth-order valence-electron chi connectivity index (χ4n) is 3.36. The summed E-state index contributed by atoms with van der Waals surface area (Å²) in [7, 11) is -0.295. The summed E-state index contributed by atoms with van der Waals surface area (Å²) in [6.07, 6.45) is 3.54. The maximum Gasteiger partial charge on any atom is 0.494 e. The Hall–Kier alpha value is -1.66. The molecule has 1 aliphatic heterocycles. The van der Waals surface area contributed by atoms with Crippen LogP contribution in [0.15, 0.2) is 35.1 Å². The van der Waals surface area contributed by atoms with Gasteiger partial charge in [0.25, 0.3) is 0 Å². The van der Waals surface area contributed by atoms with Gasteiger partial charge in [-0.15, -0.1) is 10.2 Å². The van der Waals surface area contributed by atoms with E-state index in [-0.39, 0.29) is 18.3 Å². The van der Waals surface area contributed by atoms with Crippen molar-refractivity contribution in [2.24, 2.45) is 0 Å². The zero-order chi connectivity index (χ0) is 16.9. The molecule has 2 aromatic rings. The molecule has 4 rings (SSSR count). The highest BCUT2D eigenvalue weighted by molar-refractivity contribution is 6.62. The molecule has 1 aromatic carbocycles. The summed E-state index contributed by atoms with van der Waals surface area (Å²) in [5.74, 6) is 1.73. The Morgan fingerprint density at radius 3 is 2.12 bits per heavy atom. The van der Waals surface area contributed by atoms with Crippen LogP contribution in [0, 0.1) is 0 Å². The van der Waals surface area contributed by atoms with Gasteiger partial charge in [-0.05, 0) is 57.5 Å². The molecule has 0 atom stereocenters. The van der Waals surface area contributed by atoms with Gasteiger partial charge in [-0.3, -0.25) is 0 Å². The second-order valence-electron chi connectivity index (χ2n) is 7.90. The first-order valence-corrected chi connectivity index (χ1v) is 8.57. The zero-order valence-corrected chi connectivity index (χ0v) is 14.7. The molecule has 0 N–H and O–H groups in total. The molecule has 0 spiro atoms. The average Bonchev–Trinajstić information content (AvgIpc) is 3.05. The minimum absolute atomic E-state index is 0.295. The summed E-state index contributed by atoms with van der Waals surface area (Å²) in [4.78, 5) is 0. The van der Waals surface area contributed by atoms with Gasteiger partial charge in [-0.25, -0.2) is 0 Å². The van der Waals surface area contributed by atoms with Crippen LogP contribution in [-0.2, 0) is 9.31 Å². The van der Waals surface area contributed by atoms with E-state index in [1.165, 1.54) is 12.0 Å². The van der Waals surface area contributed by atoms with Crippen LogP contribution in [0.25, 0.3) is 0 Å². The number of benzene rings is 1. The second-order valence-corrected chi connectivity index (χ2v) is 7.90. The van der Waals surface area contributed by atoms with Crippen molar-refractivity contribution >= 4 is 12.6 Å². The second kappa shape index (κ2) is 5.43. The van der Waals surface area contributed by atoms with Gasteiger partial charge in [0.05, 0.1) is 11.2 Å². The normalized spacial score (nSPS) is 27.9. The van der Waals surface area contributed by atoms with E-state index in [0.717, 1.165) is 24.2 Å². The lowest BCUT2D eigenvalue weighted by molar-refractivity contribution is 0.00578. The van der Waals surface area contributed by atoms with Gasteiger partial charge in [0.2, 0.25) is 12.3 Å². The molecule has 2 heterocycles. The average molecular weight is 326 g/mol. The molecule has 2 aliphatic rings. The van der Waals surface area contributed by atoms with Gasteiger partial charge in [-0.1, -0.05) is 24.3 Å². The molecule has 0 unspecified atom stereocenters. The third kappa shape index (κ3) is 2.58. The minimum Gasteiger partial charge on any atom is -0.428 e. The van der Waals surface area contributed by atoms with Gasteiger partial charge < -0.3 is 13.7 Å². The van der Waals surface area contributed by atoms with E-state index in [0.29, 0.717) is 11.8 Å². The largest absolute Gasteiger partial charge is 0.494 e. The van der Waals surface area contributed by atoms with Crippen molar-refractivity contribution < 1.29 is 13.7 Å². The lowest BCUT2D eigenvalue weighted by Gasteiger charge is -2.33. The summed E-state index contributed by atoms with van der Waals surface area (Å²) in [6.45, 7) is 8.31. The van der Waals surface area contributed by atoms with Crippen molar-refractivity contribution in [2.45, 2.75) is 63.6 Å². The molecule has 24 heavy (non-hydrogen) atoms. The molecular formula is C18H23BN2O3. The smallest absolute Gasteiger partial charge is 0.428 e. The first-order chi connectivity index (χ1) is 11.4. The van der Waals surface area contributed by atoms with Crippen molar-refractivity contribution in [2.75, 3.05) is 0 Å². The van der Waals surface area contributed by atoms with Crippen LogP contribution in [0.5, 0.6) is 0 Å². The first kappa shape index (κ1) is 15.8. The molecule has 5 nitrogen and oxygen atoms in total. The van der Waals surface area contributed by atoms with Crippen molar-refractivity contribution in [3.63, 3.8) is 0 Å². The SMILES string of the molecule is CC1(C)OB(c2ccc(C3CC(c4nnco4)C3)cc2)OC1(C)C. The maximum atomic E-state index is 6.11.